The van der Waals surface area contributed by atoms with Crippen molar-refractivity contribution in [3.63, 3.8) is 0 Å². The molecule has 1 fully saturated rings. The summed E-state index contributed by atoms with van der Waals surface area (Å²) in [5.41, 5.74) is 0.942. The quantitative estimate of drug-likeness (QED) is 0.842. The summed E-state index contributed by atoms with van der Waals surface area (Å²) in [6, 6.07) is 19.2. The molecule has 2 aromatic carbocycles. The van der Waals surface area contributed by atoms with Crippen molar-refractivity contribution in [2.45, 2.75) is 22.6 Å². The lowest BCUT2D eigenvalue weighted by Crippen LogP contribution is -2.39. The van der Waals surface area contributed by atoms with E-state index in [4.69, 9.17) is 0 Å². The highest BCUT2D eigenvalue weighted by Crippen LogP contribution is 2.35. The Morgan fingerprint density at radius 1 is 1.09 bits per heavy atom. The number of thioether (sulfide) groups is 2. The molecule has 1 saturated heterocycles. The highest BCUT2D eigenvalue weighted by molar-refractivity contribution is 8.14. The Bertz CT molecular complexity index is 676. The second-order valence-corrected chi connectivity index (χ2v) is 7.52. The van der Waals surface area contributed by atoms with Gasteiger partial charge in [0.25, 0.3) is 0 Å². The Morgan fingerprint density at radius 3 is 2.35 bits per heavy atom. The molecule has 0 radical (unpaired) electrons. The van der Waals surface area contributed by atoms with Crippen molar-refractivity contribution in [2.24, 2.45) is 0 Å². The summed E-state index contributed by atoms with van der Waals surface area (Å²) >= 11 is 2.80. The van der Waals surface area contributed by atoms with Gasteiger partial charge in [0.2, 0.25) is 11.0 Å². The second kappa shape index (κ2) is 7.70. The van der Waals surface area contributed by atoms with Gasteiger partial charge in [-0.25, -0.2) is 0 Å². The number of hydrogen-bond donors (Lipinski definition) is 1. The first-order valence-corrected chi connectivity index (χ1v) is 9.34. The van der Waals surface area contributed by atoms with Crippen molar-refractivity contribution in [1.29, 1.82) is 0 Å². The average molecular weight is 343 g/mol. The van der Waals surface area contributed by atoms with E-state index < -0.39 is 0 Å². The molecule has 1 amide bonds. The van der Waals surface area contributed by atoms with Crippen molar-refractivity contribution >= 4 is 34.5 Å². The maximum Gasteiger partial charge on any atom is 0.238 e. The van der Waals surface area contributed by atoms with E-state index in [0.717, 1.165) is 16.2 Å². The topological polar surface area (TPSA) is 46.2 Å². The first-order chi connectivity index (χ1) is 11.2. The molecule has 0 aromatic heterocycles. The molecular weight excluding hydrogens is 326 g/mol. The third-order valence-electron chi connectivity index (χ3n) is 3.59. The standard InChI is InChI=1S/C18H17NO2S2/c20-17(19-15-11-12-22-18(15)21)16(13-7-3-1-4-8-13)23-14-9-5-2-6-10-14/h1-10,15-16H,11-12H2,(H,19,20)/t15-,16-/m1/s1. The zero-order valence-electron chi connectivity index (χ0n) is 12.5. The van der Waals surface area contributed by atoms with E-state index in [0.29, 0.717) is 6.42 Å². The fourth-order valence-electron chi connectivity index (χ4n) is 2.41. The molecule has 5 heteroatoms. The van der Waals surface area contributed by atoms with Crippen LogP contribution in [-0.2, 0) is 9.59 Å². The minimum atomic E-state index is -0.364. The summed E-state index contributed by atoms with van der Waals surface area (Å²) in [5, 5.41) is 2.62. The SMILES string of the molecule is O=C1SCC[C@H]1NC(=O)[C@H](Sc1ccccc1)c1ccccc1. The van der Waals surface area contributed by atoms with Gasteiger partial charge in [0, 0.05) is 10.6 Å². The molecule has 2 atom stereocenters. The highest BCUT2D eigenvalue weighted by Gasteiger charge is 2.30. The van der Waals surface area contributed by atoms with E-state index in [9.17, 15) is 9.59 Å². The van der Waals surface area contributed by atoms with Crippen molar-refractivity contribution in [3.8, 4) is 0 Å². The molecule has 0 spiro atoms. The predicted molar refractivity (Wildman–Crippen MR) is 95.5 cm³/mol. The number of carbonyl (C=O) groups is 2. The first kappa shape index (κ1) is 16.1. The van der Waals surface area contributed by atoms with Gasteiger partial charge in [-0.15, -0.1) is 11.8 Å². The van der Waals surface area contributed by atoms with E-state index in [-0.39, 0.29) is 22.3 Å². The van der Waals surface area contributed by atoms with Crippen LogP contribution in [0.1, 0.15) is 17.2 Å². The highest BCUT2D eigenvalue weighted by atomic mass is 32.2. The van der Waals surface area contributed by atoms with Gasteiger partial charge in [0.15, 0.2) is 0 Å². The van der Waals surface area contributed by atoms with Crippen LogP contribution < -0.4 is 5.32 Å². The molecule has 118 valence electrons. The van der Waals surface area contributed by atoms with E-state index in [1.165, 1.54) is 23.5 Å². The largest absolute Gasteiger partial charge is 0.344 e. The smallest absolute Gasteiger partial charge is 0.238 e. The van der Waals surface area contributed by atoms with Crippen LogP contribution in [0.5, 0.6) is 0 Å². The summed E-state index contributed by atoms with van der Waals surface area (Å²) in [6.45, 7) is 0. The van der Waals surface area contributed by atoms with Gasteiger partial charge in [0.1, 0.15) is 5.25 Å². The average Bonchev–Trinajstić information content (AvgIpc) is 2.99. The lowest BCUT2D eigenvalue weighted by Gasteiger charge is -2.19. The van der Waals surface area contributed by atoms with Crippen LogP contribution in [0, 0.1) is 0 Å². The number of amides is 1. The van der Waals surface area contributed by atoms with Crippen molar-refractivity contribution in [3.05, 3.63) is 66.2 Å². The van der Waals surface area contributed by atoms with Gasteiger partial charge in [-0.2, -0.15) is 0 Å². The molecule has 0 aliphatic carbocycles. The Balaban J connectivity index is 1.79. The van der Waals surface area contributed by atoms with Crippen molar-refractivity contribution < 1.29 is 9.59 Å². The third-order valence-corrected chi connectivity index (χ3v) is 5.86. The fourth-order valence-corrected chi connectivity index (χ4v) is 4.40. The number of hydrogen-bond acceptors (Lipinski definition) is 4. The molecule has 1 aliphatic rings. The fraction of sp³-hybridized carbons (Fsp3) is 0.222. The summed E-state index contributed by atoms with van der Waals surface area (Å²) in [4.78, 5) is 25.6. The first-order valence-electron chi connectivity index (χ1n) is 7.48. The van der Waals surface area contributed by atoms with Gasteiger partial charge < -0.3 is 5.32 Å². The van der Waals surface area contributed by atoms with E-state index in [1.54, 1.807) is 0 Å². The predicted octanol–water partition coefficient (Wildman–Crippen LogP) is 3.67. The monoisotopic (exact) mass is 343 g/mol. The zero-order chi connectivity index (χ0) is 16.1. The zero-order valence-corrected chi connectivity index (χ0v) is 14.1. The third kappa shape index (κ3) is 4.18. The Labute approximate surface area is 144 Å². The molecule has 1 heterocycles. The molecular formula is C18H17NO2S2. The summed E-state index contributed by atoms with van der Waals surface area (Å²) in [7, 11) is 0. The summed E-state index contributed by atoms with van der Waals surface area (Å²) < 4.78 is 0. The van der Waals surface area contributed by atoms with Gasteiger partial charge in [-0.1, -0.05) is 60.3 Å². The molecule has 0 unspecified atom stereocenters. The lowest BCUT2D eigenvalue weighted by atomic mass is 10.1. The van der Waals surface area contributed by atoms with Gasteiger partial charge in [0.05, 0.1) is 6.04 Å². The Morgan fingerprint density at radius 2 is 1.74 bits per heavy atom. The number of carbonyl (C=O) groups excluding carboxylic acids is 2. The molecule has 3 nitrogen and oxygen atoms in total. The van der Waals surface area contributed by atoms with Crippen molar-refractivity contribution in [2.75, 3.05) is 5.75 Å². The minimum absolute atomic E-state index is 0.0647. The molecule has 3 rings (SSSR count). The Hall–Kier alpha value is -1.72. The molecule has 23 heavy (non-hydrogen) atoms. The van der Waals surface area contributed by atoms with Gasteiger partial charge in [-0.05, 0) is 24.1 Å². The Kier molecular flexibility index (Phi) is 5.41. The molecule has 1 aliphatic heterocycles. The normalized spacial score (nSPS) is 18.6. The lowest BCUT2D eigenvalue weighted by molar-refractivity contribution is -0.124. The van der Waals surface area contributed by atoms with Crippen LogP contribution in [0.15, 0.2) is 65.6 Å². The van der Waals surface area contributed by atoms with E-state index in [2.05, 4.69) is 5.32 Å². The number of nitrogens with one attached hydrogen (secondary N) is 1. The van der Waals surface area contributed by atoms with Crippen LogP contribution in [-0.4, -0.2) is 22.8 Å². The van der Waals surface area contributed by atoms with Gasteiger partial charge in [-0.3, -0.25) is 9.59 Å². The van der Waals surface area contributed by atoms with Crippen LogP contribution in [0.3, 0.4) is 0 Å². The summed E-state index contributed by atoms with van der Waals surface area (Å²) in [6.07, 6.45) is 0.715. The van der Waals surface area contributed by atoms with E-state index >= 15 is 0 Å². The molecule has 2 aromatic rings. The van der Waals surface area contributed by atoms with E-state index in [1.807, 2.05) is 60.7 Å². The maximum atomic E-state index is 12.8. The minimum Gasteiger partial charge on any atom is -0.344 e. The van der Waals surface area contributed by atoms with Crippen molar-refractivity contribution in [1.82, 2.24) is 5.32 Å². The maximum absolute atomic E-state index is 12.8. The summed E-state index contributed by atoms with van der Waals surface area (Å²) in [5.74, 6) is 0.678. The number of rotatable bonds is 5. The second-order valence-electron chi connectivity index (χ2n) is 5.24. The van der Waals surface area contributed by atoms with Gasteiger partial charge >= 0.3 is 0 Å². The van der Waals surface area contributed by atoms with Crippen LogP contribution in [0.2, 0.25) is 0 Å². The van der Waals surface area contributed by atoms with Crippen LogP contribution >= 0.6 is 23.5 Å². The molecule has 1 N–H and O–H groups in total. The number of benzene rings is 2. The van der Waals surface area contributed by atoms with Crippen LogP contribution in [0.25, 0.3) is 0 Å². The molecule has 0 bridgehead atoms. The molecule has 0 saturated carbocycles. The van der Waals surface area contributed by atoms with Crippen LogP contribution in [0.4, 0.5) is 0 Å².